The van der Waals surface area contributed by atoms with Crippen LogP contribution >= 0.6 is 0 Å². The quantitative estimate of drug-likeness (QED) is 0.111. The maximum atomic E-state index is 14.6. The molecule has 1 N–H and O–H groups in total. The third-order valence-electron chi connectivity index (χ3n) is 11.0. The summed E-state index contributed by atoms with van der Waals surface area (Å²) in [5.74, 6) is -1.33. The van der Waals surface area contributed by atoms with Crippen LogP contribution in [0.5, 0.6) is 11.5 Å². The second-order valence-corrected chi connectivity index (χ2v) is 24.9. The fraction of sp³-hybridized carbons (Fsp3) is 0.558. The molecular formula is C43H62O11Si2. The van der Waals surface area contributed by atoms with Crippen LogP contribution in [0.1, 0.15) is 78.5 Å². The summed E-state index contributed by atoms with van der Waals surface area (Å²) in [4.78, 5) is 14.6. The van der Waals surface area contributed by atoms with E-state index in [1.807, 2.05) is 66.7 Å². The Balaban J connectivity index is 1.57. The van der Waals surface area contributed by atoms with Crippen molar-refractivity contribution in [3.8, 4) is 11.5 Å². The summed E-state index contributed by atoms with van der Waals surface area (Å²) >= 11 is 0. The molecule has 5 atom stereocenters. The summed E-state index contributed by atoms with van der Waals surface area (Å²) < 4.78 is 58.3. The van der Waals surface area contributed by atoms with E-state index in [2.05, 4.69) is 55.4 Å². The first kappa shape index (κ1) is 44.0. The molecule has 0 aromatic heterocycles. The van der Waals surface area contributed by atoms with Gasteiger partial charge in [0.15, 0.2) is 0 Å². The number of hydrogen-bond donors (Lipinski definition) is 1. The summed E-state index contributed by atoms with van der Waals surface area (Å²) in [6.45, 7) is 17.4. The molecule has 0 unspecified atom stereocenters. The van der Waals surface area contributed by atoms with Crippen LogP contribution in [0, 0.1) is 0 Å². The molecule has 11 nitrogen and oxygen atoms in total. The van der Waals surface area contributed by atoms with Crippen LogP contribution in [0.4, 0.5) is 0 Å². The van der Waals surface area contributed by atoms with E-state index >= 15 is 0 Å². The molecule has 13 heteroatoms. The molecule has 0 aliphatic carbocycles. The highest BCUT2D eigenvalue weighted by molar-refractivity contribution is 6.84. The molecule has 2 fully saturated rings. The minimum absolute atomic E-state index is 0.0328. The van der Waals surface area contributed by atoms with E-state index in [4.69, 9.17) is 41.4 Å². The Bertz CT molecular complexity index is 1650. The van der Waals surface area contributed by atoms with Gasteiger partial charge in [-0.15, -0.1) is 0 Å². The molecule has 0 spiro atoms. The van der Waals surface area contributed by atoms with Crippen molar-refractivity contribution in [1.82, 2.24) is 0 Å². The van der Waals surface area contributed by atoms with Crippen LogP contribution in [-0.4, -0.2) is 79.2 Å². The molecule has 5 rings (SSSR count). The molecular weight excluding hydrogens is 749 g/mol. The summed E-state index contributed by atoms with van der Waals surface area (Å²) in [5, 5.41) is 12.3. The van der Waals surface area contributed by atoms with Crippen molar-refractivity contribution in [2.75, 3.05) is 20.8 Å². The highest BCUT2D eigenvalue weighted by Crippen LogP contribution is 2.48. The Morgan fingerprint density at radius 2 is 1.25 bits per heavy atom. The number of carbonyl (C=O) groups is 1. The van der Waals surface area contributed by atoms with Crippen molar-refractivity contribution in [2.24, 2.45) is 0 Å². The van der Waals surface area contributed by atoms with Crippen molar-refractivity contribution in [2.45, 2.75) is 134 Å². The van der Waals surface area contributed by atoms with Gasteiger partial charge in [-0.25, -0.2) is 4.79 Å². The predicted octanol–water partition coefficient (Wildman–Crippen LogP) is 8.35. The van der Waals surface area contributed by atoms with E-state index in [9.17, 15) is 9.90 Å². The number of aliphatic hydroxyl groups is 1. The number of esters is 1. The minimum Gasteiger partial charge on any atom is -0.497 e. The van der Waals surface area contributed by atoms with Gasteiger partial charge in [-0.05, 0) is 63.1 Å². The van der Waals surface area contributed by atoms with Crippen LogP contribution in [0.25, 0.3) is 0 Å². The summed E-state index contributed by atoms with van der Waals surface area (Å²) in [6.07, 6.45) is -4.25. The highest BCUT2D eigenvalue weighted by Gasteiger charge is 2.63. The molecule has 2 heterocycles. The number of hydrogen-bond acceptors (Lipinski definition) is 11. The normalized spacial score (nSPS) is 25.0. The van der Waals surface area contributed by atoms with Gasteiger partial charge in [0.05, 0.1) is 46.2 Å². The summed E-state index contributed by atoms with van der Waals surface area (Å²) in [5.41, 5.74) is 2.75. The second-order valence-electron chi connectivity index (χ2n) is 16.1. The van der Waals surface area contributed by atoms with Gasteiger partial charge in [0.2, 0.25) is 0 Å². The van der Waals surface area contributed by atoms with Crippen molar-refractivity contribution in [3.63, 3.8) is 0 Å². The SMILES string of the molecule is COc1ccc(COC(=O)[C@]2(OCc3ccccc3)C[C@@H](OCc3ccc(OC)cc3)[C@@H](O)[C@@H]([C@H]3CO[Si](C(C)C)(C(C)C)O[Si](C(C)C)(C(C)C)O3)O2)cc1. The molecule has 2 saturated heterocycles. The smallest absolute Gasteiger partial charge is 0.367 e. The average molecular weight is 811 g/mol. The van der Waals surface area contributed by atoms with E-state index in [0.717, 1.165) is 16.7 Å². The maximum Gasteiger partial charge on any atom is 0.367 e. The molecule has 0 saturated carbocycles. The van der Waals surface area contributed by atoms with Gasteiger partial charge in [-0.3, -0.25) is 0 Å². The molecule has 0 bridgehead atoms. The fourth-order valence-electron chi connectivity index (χ4n) is 7.71. The van der Waals surface area contributed by atoms with Crippen LogP contribution in [0.15, 0.2) is 78.9 Å². The van der Waals surface area contributed by atoms with Gasteiger partial charge in [0.25, 0.3) is 5.79 Å². The van der Waals surface area contributed by atoms with Crippen molar-refractivity contribution >= 4 is 23.1 Å². The van der Waals surface area contributed by atoms with E-state index in [1.54, 1.807) is 26.4 Å². The maximum absolute atomic E-state index is 14.6. The molecule has 2 aliphatic heterocycles. The van der Waals surface area contributed by atoms with E-state index in [0.29, 0.717) is 11.5 Å². The lowest BCUT2D eigenvalue weighted by Gasteiger charge is -2.48. The predicted molar refractivity (Wildman–Crippen MR) is 218 cm³/mol. The van der Waals surface area contributed by atoms with Gasteiger partial charge < -0.3 is 46.5 Å². The number of benzene rings is 3. The summed E-state index contributed by atoms with van der Waals surface area (Å²) in [7, 11) is -2.81. The molecule has 0 amide bonds. The second kappa shape index (κ2) is 19.1. The van der Waals surface area contributed by atoms with Crippen molar-refractivity contribution < 1.29 is 51.3 Å². The first-order chi connectivity index (χ1) is 26.7. The zero-order valence-electron chi connectivity index (χ0n) is 34.7. The summed E-state index contributed by atoms with van der Waals surface area (Å²) in [6, 6.07) is 24.3. The average Bonchev–Trinajstić information content (AvgIpc) is 3.40. The van der Waals surface area contributed by atoms with E-state index in [1.165, 1.54) is 0 Å². The third-order valence-corrected chi connectivity index (χ3v) is 21.3. The van der Waals surface area contributed by atoms with Crippen LogP contribution in [0.3, 0.4) is 0 Å². The first-order valence-electron chi connectivity index (χ1n) is 19.8. The first-order valence-corrected chi connectivity index (χ1v) is 23.7. The highest BCUT2D eigenvalue weighted by atomic mass is 28.5. The zero-order valence-corrected chi connectivity index (χ0v) is 36.7. The largest absolute Gasteiger partial charge is 0.497 e. The van der Waals surface area contributed by atoms with Crippen molar-refractivity contribution in [3.05, 3.63) is 95.6 Å². The Morgan fingerprint density at radius 3 is 1.77 bits per heavy atom. The Labute approximate surface area is 335 Å². The van der Waals surface area contributed by atoms with Crippen LogP contribution < -0.4 is 9.47 Å². The number of methoxy groups -OCH3 is 2. The standard InChI is InChI=1S/C43H62O11Si2/c1-29(2)55(30(3)4)51-28-39(53-56(54-55,31(5)6)32(7)8)41-40(44)38(48-25-34-16-20-36(46-9)21-17-34)24-43(52-41,50-27-33-14-12-11-13-15-33)42(45)49-26-35-18-22-37(47-10)23-19-35/h11-23,29-32,38-41,44H,24-28H2,1-10H3/t38-,39-,40-,41-,43+/m1/s1. The van der Waals surface area contributed by atoms with E-state index in [-0.39, 0.29) is 55.0 Å². The van der Waals surface area contributed by atoms with Crippen LogP contribution in [0.2, 0.25) is 22.2 Å². The lowest BCUT2D eigenvalue weighted by Crippen LogP contribution is -2.65. The molecule has 2 aliphatic rings. The van der Waals surface area contributed by atoms with Gasteiger partial charge >= 0.3 is 23.1 Å². The monoisotopic (exact) mass is 810 g/mol. The topological polar surface area (TPSA) is 120 Å². The molecule has 3 aromatic rings. The Hall–Kier alpha value is -3.12. The van der Waals surface area contributed by atoms with Gasteiger partial charge in [-0.1, -0.05) is 110 Å². The Morgan fingerprint density at radius 1 is 0.732 bits per heavy atom. The number of aliphatic hydroxyl groups excluding tert-OH is 1. The van der Waals surface area contributed by atoms with Gasteiger partial charge in [0, 0.05) is 6.42 Å². The van der Waals surface area contributed by atoms with Gasteiger partial charge in [0.1, 0.15) is 30.3 Å². The van der Waals surface area contributed by atoms with Gasteiger partial charge in [-0.2, -0.15) is 0 Å². The zero-order chi connectivity index (χ0) is 40.7. The molecule has 308 valence electrons. The third kappa shape index (κ3) is 9.76. The molecule has 0 radical (unpaired) electrons. The fourth-order valence-corrected chi connectivity index (χ4v) is 18.9. The number of rotatable bonds is 16. The minimum atomic E-state index is -3.11. The number of carbonyl (C=O) groups excluding carboxylic acids is 1. The van der Waals surface area contributed by atoms with Crippen molar-refractivity contribution in [1.29, 1.82) is 0 Å². The van der Waals surface area contributed by atoms with E-state index < -0.39 is 53.3 Å². The molecule has 56 heavy (non-hydrogen) atoms. The Kier molecular flexibility index (Phi) is 15.0. The number of ether oxygens (including phenoxy) is 6. The van der Waals surface area contributed by atoms with Crippen LogP contribution in [-0.2, 0) is 56.5 Å². The lowest BCUT2D eigenvalue weighted by molar-refractivity contribution is -0.332. The lowest BCUT2D eigenvalue weighted by atomic mass is 9.92. The molecule has 3 aromatic carbocycles.